The molecule has 1 aliphatic carbocycles. The molecule has 21 heavy (non-hydrogen) atoms. The van der Waals surface area contributed by atoms with Gasteiger partial charge in [0.25, 0.3) is 0 Å². The van der Waals surface area contributed by atoms with Crippen LogP contribution < -0.4 is 0 Å². The monoisotopic (exact) mass is 296 g/mol. The van der Waals surface area contributed by atoms with E-state index >= 15 is 0 Å². The van der Waals surface area contributed by atoms with Gasteiger partial charge in [-0.05, 0) is 49.1 Å². The van der Waals surface area contributed by atoms with E-state index in [-0.39, 0.29) is 0 Å². The second kappa shape index (κ2) is 4.88. The molecular formula is C18H17ClN2. The summed E-state index contributed by atoms with van der Waals surface area (Å²) >= 11 is 5.97. The predicted octanol–water partition coefficient (Wildman–Crippen LogP) is 5.09. The minimum absolute atomic E-state index is 0.538. The first-order valence-electron chi connectivity index (χ1n) is 7.40. The Balaban J connectivity index is 1.96. The van der Waals surface area contributed by atoms with Crippen LogP contribution >= 0.6 is 11.6 Å². The van der Waals surface area contributed by atoms with Crippen LogP contribution in [0.5, 0.6) is 0 Å². The molecule has 3 heteroatoms. The van der Waals surface area contributed by atoms with E-state index in [1.807, 2.05) is 0 Å². The molecule has 0 bridgehead atoms. The molecule has 106 valence electrons. The summed E-state index contributed by atoms with van der Waals surface area (Å²) in [5, 5.41) is 0. The molecule has 1 saturated carbocycles. The molecule has 0 N–H and O–H groups in total. The predicted molar refractivity (Wildman–Crippen MR) is 87.7 cm³/mol. The molecule has 3 aromatic rings. The zero-order valence-corrected chi connectivity index (χ0v) is 12.8. The van der Waals surface area contributed by atoms with Gasteiger partial charge in [-0.25, -0.2) is 4.98 Å². The van der Waals surface area contributed by atoms with Gasteiger partial charge >= 0.3 is 0 Å². The fourth-order valence-electron chi connectivity index (χ4n) is 2.91. The average molecular weight is 297 g/mol. The van der Waals surface area contributed by atoms with Crippen molar-refractivity contribution in [2.45, 2.75) is 31.7 Å². The molecule has 0 atom stereocenters. The number of aryl methyl sites for hydroxylation is 1. The summed E-state index contributed by atoms with van der Waals surface area (Å²) < 4.78 is 2.40. The van der Waals surface area contributed by atoms with Crippen LogP contribution in [-0.2, 0) is 5.88 Å². The van der Waals surface area contributed by atoms with Crippen molar-refractivity contribution in [3.63, 3.8) is 0 Å². The molecule has 1 heterocycles. The summed E-state index contributed by atoms with van der Waals surface area (Å²) in [5.41, 5.74) is 5.89. The van der Waals surface area contributed by atoms with Crippen molar-refractivity contribution in [3.05, 3.63) is 53.6 Å². The van der Waals surface area contributed by atoms with Crippen LogP contribution in [0.25, 0.3) is 22.4 Å². The lowest BCUT2D eigenvalue weighted by Crippen LogP contribution is -1.97. The molecule has 1 aliphatic rings. The van der Waals surface area contributed by atoms with Crippen molar-refractivity contribution in [1.29, 1.82) is 0 Å². The van der Waals surface area contributed by atoms with Crippen LogP contribution in [0.1, 0.15) is 30.0 Å². The van der Waals surface area contributed by atoms with Gasteiger partial charge in [0.1, 0.15) is 5.82 Å². The minimum atomic E-state index is 0.538. The molecule has 0 saturated heterocycles. The number of hydrogen-bond acceptors (Lipinski definition) is 1. The lowest BCUT2D eigenvalue weighted by Gasteiger charge is -2.08. The maximum absolute atomic E-state index is 5.97. The molecule has 0 radical (unpaired) electrons. The SMILES string of the molecule is Cc1ccc2c(c1)nc(-c1cccc(CCl)c1)n2C1CC1. The topological polar surface area (TPSA) is 17.8 Å². The smallest absolute Gasteiger partial charge is 0.141 e. The summed E-state index contributed by atoms with van der Waals surface area (Å²) in [6, 6.07) is 15.5. The van der Waals surface area contributed by atoms with Crippen molar-refractivity contribution >= 4 is 22.6 Å². The molecule has 0 aliphatic heterocycles. The molecule has 2 aromatic carbocycles. The van der Waals surface area contributed by atoms with Gasteiger partial charge in [-0.1, -0.05) is 24.3 Å². The first kappa shape index (κ1) is 12.9. The summed E-state index contributed by atoms with van der Waals surface area (Å²) in [6.07, 6.45) is 2.50. The molecule has 4 rings (SSSR count). The quantitative estimate of drug-likeness (QED) is 0.616. The Morgan fingerprint density at radius 1 is 1.19 bits per heavy atom. The number of halogens is 1. The first-order chi connectivity index (χ1) is 10.3. The Kier molecular flexibility index (Phi) is 3.00. The van der Waals surface area contributed by atoms with Crippen LogP contribution in [0.15, 0.2) is 42.5 Å². The Hall–Kier alpha value is -1.80. The van der Waals surface area contributed by atoms with Gasteiger partial charge in [-0.3, -0.25) is 0 Å². The summed E-state index contributed by atoms with van der Waals surface area (Å²) in [6.45, 7) is 2.11. The number of alkyl halides is 1. The Morgan fingerprint density at radius 2 is 2.05 bits per heavy atom. The normalized spacial score (nSPS) is 14.8. The largest absolute Gasteiger partial charge is 0.321 e. The zero-order valence-electron chi connectivity index (χ0n) is 12.0. The Bertz CT molecular complexity index is 815. The summed E-state index contributed by atoms with van der Waals surface area (Å²) in [4.78, 5) is 4.90. The number of nitrogens with zero attached hydrogens (tertiary/aromatic N) is 2. The zero-order chi connectivity index (χ0) is 14.4. The Morgan fingerprint density at radius 3 is 2.81 bits per heavy atom. The highest BCUT2D eigenvalue weighted by Crippen LogP contribution is 2.41. The standard InChI is InChI=1S/C18H17ClN2/c1-12-5-8-17-16(9-12)20-18(21(17)15-6-7-15)14-4-2-3-13(10-14)11-19/h2-5,8-10,15H,6-7,11H2,1H3. The van der Waals surface area contributed by atoms with Crippen LogP contribution in [0.2, 0.25) is 0 Å². The molecule has 0 unspecified atom stereocenters. The third kappa shape index (κ3) is 2.24. The number of hydrogen-bond donors (Lipinski definition) is 0. The first-order valence-corrected chi connectivity index (χ1v) is 7.93. The van der Waals surface area contributed by atoms with Gasteiger partial charge < -0.3 is 4.57 Å². The maximum Gasteiger partial charge on any atom is 0.141 e. The fourth-order valence-corrected chi connectivity index (χ4v) is 3.07. The number of fused-ring (bicyclic) bond motifs is 1. The minimum Gasteiger partial charge on any atom is -0.321 e. The van der Waals surface area contributed by atoms with E-state index in [0.29, 0.717) is 11.9 Å². The number of imidazole rings is 1. The second-order valence-corrected chi connectivity index (χ2v) is 6.13. The third-order valence-electron chi connectivity index (χ3n) is 4.10. The van der Waals surface area contributed by atoms with Crippen molar-refractivity contribution in [2.24, 2.45) is 0 Å². The summed E-state index contributed by atoms with van der Waals surface area (Å²) in [5.74, 6) is 1.61. The number of rotatable bonds is 3. The van der Waals surface area contributed by atoms with Crippen molar-refractivity contribution in [3.8, 4) is 11.4 Å². The maximum atomic E-state index is 5.97. The van der Waals surface area contributed by atoms with E-state index in [2.05, 4.69) is 54.0 Å². The molecule has 1 fully saturated rings. The van der Waals surface area contributed by atoms with Crippen LogP contribution in [-0.4, -0.2) is 9.55 Å². The second-order valence-electron chi connectivity index (χ2n) is 5.86. The highest BCUT2D eigenvalue weighted by molar-refractivity contribution is 6.17. The van der Waals surface area contributed by atoms with E-state index in [9.17, 15) is 0 Å². The van der Waals surface area contributed by atoms with Gasteiger partial charge in [0.05, 0.1) is 11.0 Å². The highest BCUT2D eigenvalue weighted by Gasteiger charge is 2.28. The molecular weight excluding hydrogens is 280 g/mol. The van der Waals surface area contributed by atoms with E-state index in [0.717, 1.165) is 22.5 Å². The lowest BCUT2D eigenvalue weighted by atomic mass is 10.1. The number of benzene rings is 2. The summed E-state index contributed by atoms with van der Waals surface area (Å²) in [7, 11) is 0. The van der Waals surface area contributed by atoms with Gasteiger partial charge in [-0.15, -0.1) is 11.6 Å². The Labute approximate surface area is 129 Å². The molecule has 0 amide bonds. The highest BCUT2D eigenvalue weighted by atomic mass is 35.5. The van der Waals surface area contributed by atoms with E-state index in [1.165, 1.54) is 23.9 Å². The van der Waals surface area contributed by atoms with Gasteiger partial charge in [0.15, 0.2) is 0 Å². The van der Waals surface area contributed by atoms with Crippen LogP contribution in [0.4, 0.5) is 0 Å². The van der Waals surface area contributed by atoms with Crippen LogP contribution in [0.3, 0.4) is 0 Å². The lowest BCUT2D eigenvalue weighted by molar-refractivity contribution is 0.775. The van der Waals surface area contributed by atoms with Crippen molar-refractivity contribution in [1.82, 2.24) is 9.55 Å². The van der Waals surface area contributed by atoms with Crippen molar-refractivity contribution in [2.75, 3.05) is 0 Å². The van der Waals surface area contributed by atoms with E-state index in [1.54, 1.807) is 0 Å². The van der Waals surface area contributed by atoms with E-state index in [4.69, 9.17) is 16.6 Å². The van der Waals surface area contributed by atoms with Gasteiger partial charge in [-0.2, -0.15) is 0 Å². The van der Waals surface area contributed by atoms with Gasteiger partial charge in [0.2, 0.25) is 0 Å². The number of aromatic nitrogens is 2. The fraction of sp³-hybridized carbons (Fsp3) is 0.278. The third-order valence-corrected chi connectivity index (χ3v) is 4.41. The molecule has 0 spiro atoms. The van der Waals surface area contributed by atoms with Gasteiger partial charge in [0, 0.05) is 17.5 Å². The molecule has 1 aromatic heterocycles. The molecule has 2 nitrogen and oxygen atoms in total. The average Bonchev–Trinajstić information content (AvgIpc) is 3.27. The van der Waals surface area contributed by atoms with Crippen LogP contribution in [0, 0.1) is 6.92 Å². The van der Waals surface area contributed by atoms with E-state index < -0.39 is 0 Å². The van der Waals surface area contributed by atoms with Crippen molar-refractivity contribution < 1.29 is 0 Å².